The van der Waals surface area contributed by atoms with Crippen molar-refractivity contribution in [2.45, 2.75) is 19.4 Å². The number of imidazole rings is 1. The van der Waals surface area contributed by atoms with E-state index < -0.39 is 5.82 Å². The van der Waals surface area contributed by atoms with Crippen molar-refractivity contribution in [1.29, 1.82) is 0 Å². The normalized spacial score (nSPS) is 12.7. The maximum Gasteiger partial charge on any atom is 0.142 e. The molecule has 1 aromatic heterocycles. The SMILES string of the molecule is CC(NCCc1nccn1C)c1cc(F)c(Cl)cc1Cl. The Balaban J connectivity index is 1.97. The summed E-state index contributed by atoms with van der Waals surface area (Å²) in [6.07, 6.45) is 4.47. The molecule has 0 spiro atoms. The Kier molecular flexibility index (Phi) is 5.02. The zero-order valence-corrected chi connectivity index (χ0v) is 12.8. The van der Waals surface area contributed by atoms with Gasteiger partial charge in [-0.15, -0.1) is 0 Å². The third-order valence-electron chi connectivity index (χ3n) is 3.23. The number of hydrogen-bond donors (Lipinski definition) is 1. The third-order valence-corrected chi connectivity index (χ3v) is 3.84. The zero-order valence-electron chi connectivity index (χ0n) is 11.3. The van der Waals surface area contributed by atoms with E-state index in [-0.39, 0.29) is 11.1 Å². The number of aryl methyl sites for hydroxylation is 1. The highest BCUT2D eigenvalue weighted by Crippen LogP contribution is 2.28. The molecule has 6 heteroatoms. The van der Waals surface area contributed by atoms with Crippen molar-refractivity contribution in [2.24, 2.45) is 7.05 Å². The summed E-state index contributed by atoms with van der Waals surface area (Å²) in [7, 11) is 1.96. The highest BCUT2D eigenvalue weighted by atomic mass is 35.5. The molecule has 20 heavy (non-hydrogen) atoms. The van der Waals surface area contributed by atoms with Crippen LogP contribution in [0, 0.1) is 5.82 Å². The second kappa shape index (κ2) is 6.57. The van der Waals surface area contributed by atoms with Crippen LogP contribution in [0.2, 0.25) is 10.0 Å². The van der Waals surface area contributed by atoms with Gasteiger partial charge >= 0.3 is 0 Å². The van der Waals surface area contributed by atoms with Gasteiger partial charge in [0.1, 0.15) is 11.6 Å². The van der Waals surface area contributed by atoms with Crippen LogP contribution >= 0.6 is 23.2 Å². The van der Waals surface area contributed by atoms with Gasteiger partial charge in [0.2, 0.25) is 0 Å². The van der Waals surface area contributed by atoms with Crippen LogP contribution in [0.15, 0.2) is 24.5 Å². The molecule has 0 bridgehead atoms. The van der Waals surface area contributed by atoms with Gasteiger partial charge in [0.05, 0.1) is 5.02 Å². The van der Waals surface area contributed by atoms with E-state index in [9.17, 15) is 4.39 Å². The van der Waals surface area contributed by atoms with E-state index in [1.165, 1.54) is 12.1 Å². The average molecular weight is 316 g/mol. The van der Waals surface area contributed by atoms with E-state index in [2.05, 4.69) is 10.3 Å². The molecule has 1 aromatic carbocycles. The molecule has 1 unspecified atom stereocenters. The number of nitrogens with zero attached hydrogens (tertiary/aromatic N) is 2. The molecule has 0 saturated heterocycles. The minimum atomic E-state index is -0.455. The summed E-state index contributed by atoms with van der Waals surface area (Å²) in [5.41, 5.74) is 0.702. The topological polar surface area (TPSA) is 29.9 Å². The summed E-state index contributed by atoms with van der Waals surface area (Å²) in [6.45, 7) is 2.67. The molecular weight excluding hydrogens is 300 g/mol. The van der Waals surface area contributed by atoms with Gasteiger partial charge in [-0.2, -0.15) is 0 Å². The van der Waals surface area contributed by atoms with Crippen molar-refractivity contribution in [3.05, 3.63) is 51.8 Å². The fraction of sp³-hybridized carbons (Fsp3) is 0.357. The minimum Gasteiger partial charge on any atom is -0.338 e. The van der Waals surface area contributed by atoms with Crippen molar-refractivity contribution in [1.82, 2.24) is 14.9 Å². The first-order valence-corrected chi connectivity index (χ1v) is 7.08. The first-order valence-electron chi connectivity index (χ1n) is 6.33. The average Bonchev–Trinajstić information content (AvgIpc) is 2.79. The summed E-state index contributed by atoms with van der Waals surface area (Å²) >= 11 is 11.8. The van der Waals surface area contributed by atoms with Gasteiger partial charge in [-0.25, -0.2) is 9.37 Å². The molecule has 0 fully saturated rings. The van der Waals surface area contributed by atoms with Gasteiger partial charge in [-0.1, -0.05) is 23.2 Å². The smallest absolute Gasteiger partial charge is 0.142 e. The molecule has 0 radical (unpaired) electrons. The molecule has 1 heterocycles. The predicted octanol–water partition coefficient (Wildman–Crippen LogP) is 3.76. The van der Waals surface area contributed by atoms with Crippen LogP contribution in [-0.2, 0) is 13.5 Å². The second-order valence-corrected chi connectivity index (χ2v) is 5.48. The van der Waals surface area contributed by atoms with Crippen LogP contribution in [0.1, 0.15) is 24.4 Å². The molecule has 0 aliphatic rings. The van der Waals surface area contributed by atoms with Crippen LogP contribution in [0.25, 0.3) is 0 Å². The highest BCUT2D eigenvalue weighted by Gasteiger charge is 2.13. The van der Waals surface area contributed by atoms with E-state index in [1.54, 1.807) is 6.20 Å². The van der Waals surface area contributed by atoms with Gasteiger partial charge in [0.25, 0.3) is 0 Å². The Hall–Kier alpha value is -1.10. The summed E-state index contributed by atoms with van der Waals surface area (Å²) in [4.78, 5) is 4.25. The fourth-order valence-corrected chi connectivity index (χ4v) is 2.56. The van der Waals surface area contributed by atoms with Gasteiger partial charge in [-0.05, 0) is 24.6 Å². The number of benzene rings is 1. The lowest BCUT2D eigenvalue weighted by atomic mass is 10.1. The lowest BCUT2D eigenvalue weighted by Crippen LogP contribution is -2.22. The molecule has 0 aliphatic carbocycles. The lowest BCUT2D eigenvalue weighted by Gasteiger charge is -2.16. The fourth-order valence-electron chi connectivity index (χ4n) is 2.02. The Bertz CT molecular complexity index is 598. The van der Waals surface area contributed by atoms with Gasteiger partial charge < -0.3 is 9.88 Å². The summed E-state index contributed by atoms with van der Waals surface area (Å²) in [5.74, 6) is 0.543. The van der Waals surface area contributed by atoms with Gasteiger partial charge in [0.15, 0.2) is 0 Å². The Labute approximate surface area is 127 Å². The van der Waals surface area contributed by atoms with Crippen molar-refractivity contribution in [2.75, 3.05) is 6.54 Å². The van der Waals surface area contributed by atoms with Crippen molar-refractivity contribution >= 4 is 23.2 Å². The number of nitrogens with one attached hydrogen (secondary N) is 1. The van der Waals surface area contributed by atoms with Crippen molar-refractivity contribution < 1.29 is 4.39 Å². The molecule has 108 valence electrons. The predicted molar refractivity (Wildman–Crippen MR) is 79.7 cm³/mol. The molecule has 0 aliphatic heterocycles. The maximum absolute atomic E-state index is 13.5. The molecule has 0 saturated carbocycles. The first kappa shape index (κ1) is 15.3. The molecule has 2 rings (SSSR count). The van der Waals surface area contributed by atoms with Crippen LogP contribution in [0.3, 0.4) is 0 Å². The lowest BCUT2D eigenvalue weighted by molar-refractivity contribution is 0.558. The first-order chi connectivity index (χ1) is 9.49. The summed E-state index contributed by atoms with van der Waals surface area (Å²) < 4.78 is 15.5. The van der Waals surface area contributed by atoms with E-state index in [4.69, 9.17) is 23.2 Å². The number of rotatable bonds is 5. The third kappa shape index (κ3) is 3.51. The van der Waals surface area contributed by atoms with Crippen molar-refractivity contribution in [3.63, 3.8) is 0 Å². The molecule has 1 atom stereocenters. The largest absolute Gasteiger partial charge is 0.338 e. The number of aromatic nitrogens is 2. The molecule has 3 nitrogen and oxygen atoms in total. The van der Waals surface area contributed by atoms with E-state index in [1.807, 2.05) is 24.7 Å². The van der Waals surface area contributed by atoms with E-state index in [0.717, 1.165) is 18.8 Å². The van der Waals surface area contributed by atoms with Gasteiger partial charge in [0, 0.05) is 43.5 Å². The number of hydrogen-bond acceptors (Lipinski definition) is 2. The molecule has 0 amide bonds. The second-order valence-electron chi connectivity index (χ2n) is 4.67. The zero-order chi connectivity index (χ0) is 14.7. The van der Waals surface area contributed by atoms with Crippen LogP contribution < -0.4 is 5.32 Å². The summed E-state index contributed by atoms with van der Waals surface area (Å²) in [5, 5.41) is 3.81. The molecule has 2 aromatic rings. The quantitative estimate of drug-likeness (QED) is 0.851. The summed E-state index contributed by atoms with van der Waals surface area (Å²) in [6, 6.07) is 2.75. The highest BCUT2D eigenvalue weighted by molar-refractivity contribution is 6.35. The standard InChI is InChI=1S/C14H16Cl2FN3/c1-9(10-7-13(17)12(16)8-11(10)15)18-4-3-14-19-5-6-20(14)2/h5-9,18H,3-4H2,1-2H3. The molecular formula is C14H16Cl2FN3. The molecule has 1 N–H and O–H groups in total. The monoisotopic (exact) mass is 315 g/mol. The van der Waals surface area contributed by atoms with Crippen LogP contribution in [0.5, 0.6) is 0 Å². The Morgan fingerprint density at radius 1 is 1.35 bits per heavy atom. The maximum atomic E-state index is 13.5. The van der Waals surface area contributed by atoms with Gasteiger partial charge in [-0.3, -0.25) is 0 Å². The number of halogens is 3. The van der Waals surface area contributed by atoms with Crippen molar-refractivity contribution in [3.8, 4) is 0 Å². The van der Waals surface area contributed by atoms with E-state index in [0.29, 0.717) is 10.6 Å². The minimum absolute atomic E-state index is 0.0407. The van der Waals surface area contributed by atoms with Crippen LogP contribution in [-0.4, -0.2) is 16.1 Å². The van der Waals surface area contributed by atoms with Crippen LogP contribution in [0.4, 0.5) is 4.39 Å². The van der Waals surface area contributed by atoms with E-state index >= 15 is 0 Å². The Morgan fingerprint density at radius 2 is 2.10 bits per heavy atom. The Morgan fingerprint density at radius 3 is 2.75 bits per heavy atom.